The Labute approximate surface area is 130 Å². The lowest BCUT2D eigenvalue weighted by Crippen LogP contribution is -2.48. The van der Waals surface area contributed by atoms with E-state index in [1.165, 1.54) is 0 Å². The number of carboxylic acid groups (broad SMARTS) is 1. The molecule has 1 N–H and O–H groups in total. The van der Waals surface area contributed by atoms with E-state index in [1.54, 1.807) is 4.90 Å². The van der Waals surface area contributed by atoms with Crippen molar-refractivity contribution in [2.75, 3.05) is 13.1 Å². The van der Waals surface area contributed by atoms with Crippen LogP contribution in [0.15, 0.2) is 24.3 Å². The van der Waals surface area contributed by atoms with Crippen LogP contribution in [0.3, 0.4) is 0 Å². The summed E-state index contributed by atoms with van der Waals surface area (Å²) in [5.74, 6) is -0.735. The Balaban J connectivity index is 2.03. The fourth-order valence-corrected chi connectivity index (χ4v) is 2.74. The quantitative estimate of drug-likeness (QED) is 0.907. The van der Waals surface area contributed by atoms with E-state index in [-0.39, 0.29) is 12.5 Å². The first-order valence-corrected chi connectivity index (χ1v) is 7.76. The van der Waals surface area contributed by atoms with E-state index in [0.29, 0.717) is 25.1 Å². The average Bonchev–Trinajstić information content (AvgIpc) is 2.52. The molecular weight excluding hydrogens is 282 g/mol. The second kappa shape index (κ2) is 7.29. The number of amides is 1. The van der Waals surface area contributed by atoms with E-state index in [0.717, 1.165) is 12.0 Å². The van der Waals surface area contributed by atoms with E-state index >= 15 is 0 Å². The fourth-order valence-electron chi connectivity index (χ4n) is 2.74. The van der Waals surface area contributed by atoms with Crippen LogP contribution in [0.4, 0.5) is 0 Å². The second-order valence-corrected chi connectivity index (χ2v) is 5.79. The number of hydrogen-bond acceptors (Lipinski definition) is 3. The molecule has 0 aliphatic carbocycles. The predicted molar refractivity (Wildman–Crippen MR) is 82.8 cm³/mol. The minimum absolute atomic E-state index is 0.116. The topological polar surface area (TPSA) is 66.8 Å². The molecule has 2 unspecified atom stereocenters. The molecule has 120 valence electrons. The molecule has 0 saturated carbocycles. The number of carbonyl (C=O) groups is 2. The van der Waals surface area contributed by atoms with Gasteiger partial charge >= 0.3 is 5.97 Å². The third kappa shape index (κ3) is 4.00. The zero-order valence-electron chi connectivity index (χ0n) is 13.1. The summed E-state index contributed by atoms with van der Waals surface area (Å²) < 4.78 is 5.82. The Morgan fingerprint density at radius 2 is 2.23 bits per heavy atom. The number of rotatable bonds is 5. The van der Waals surface area contributed by atoms with Gasteiger partial charge in [-0.2, -0.15) is 0 Å². The normalized spacial score (nSPS) is 19.5. The number of carbonyl (C=O) groups excluding carboxylic acids is 1. The van der Waals surface area contributed by atoms with Crippen molar-refractivity contribution in [2.45, 2.75) is 39.2 Å². The van der Waals surface area contributed by atoms with Crippen molar-refractivity contribution in [3.8, 4) is 5.75 Å². The molecule has 5 heteroatoms. The third-order valence-electron chi connectivity index (χ3n) is 4.00. The molecule has 1 aliphatic rings. The predicted octanol–water partition coefficient (Wildman–Crippen LogP) is 2.48. The lowest BCUT2D eigenvalue weighted by atomic mass is 9.97. The van der Waals surface area contributed by atoms with Gasteiger partial charge < -0.3 is 14.7 Å². The number of carboxylic acids is 1. The van der Waals surface area contributed by atoms with Crippen molar-refractivity contribution in [1.29, 1.82) is 0 Å². The highest BCUT2D eigenvalue weighted by molar-refractivity contribution is 5.82. The number of hydrogen-bond donors (Lipinski definition) is 1. The van der Waals surface area contributed by atoms with Crippen molar-refractivity contribution in [3.05, 3.63) is 29.8 Å². The van der Waals surface area contributed by atoms with Crippen molar-refractivity contribution in [3.63, 3.8) is 0 Å². The molecule has 2 rings (SSSR count). The van der Waals surface area contributed by atoms with E-state index in [4.69, 9.17) is 9.84 Å². The summed E-state index contributed by atoms with van der Waals surface area (Å²) in [5, 5.41) is 9.13. The van der Waals surface area contributed by atoms with Crippen molar-refractivity contribution >= 4 is 11.9 Å². The molecule has 0 aromatic heterocycles. The highest BCUT2D eigenvalue weighted by Crippen LogP contribution is 2.20. The molecule has 22 heavy (non-hydrogen) atoms. The highest BCUT2D eigenvalue weighted by atomic mass is 16.5. The first kappa shape index (κ1) is 16.3. The maximum absolute atomic E-state index is 12.6. The van der Waals surface area contributed by atoms with Crippen molar-refractivity contribution in [2.24, 2.45) is 5.92 Å². The maximum atomic E-state index is 12.6. The number of benzene rings is 1. The van der Waals surface area contributed by atoms with Crippen molar-refractivity contribution in [1.82, 2.24) is 4.90 Å². The second-order valence-electron chi connectivity index (χ2n) is 5.79. The molecule has 1 fully saturated rings. The van der Waals surface area contributed by atoms with Crippen LogP contribution in [0.1, 0.15) is 31.7 Å². The largest absolute Gasteiger partial charge is 0.481 e. The van der Waals surface area contributed by atoms with Crippen molar-refractivity contribution < 1.29 is 19.4 Å². The Morgan fingerprint density at radius 1 is 1.45 bits per heavy atom. The van der Waals surface area contributed by atoms with Gasteiger partial charge in [-0.05, 0) is 43.9 Å². The van der Waals surface area contributed by atoms with E-state index in [9.17, 15) is 9.59 Å². The van der Waals surface area contributed by atoms with Gasteiger partial charge in [0.1, 0.15) is 5.75 Å². The molecule has 1 aromatic rings. The van der Waals surface area contributed by atoms with Crippen LogP contribution in [0, 0.1) is 12.8 Å². The van der Waals surface area contributed by atoms with Crippen LogP contribution in [0.2, 0.25) is 0 Å². The Morgan fingerprint density at radius 3 is 2.86 bits per heavy atom. The standard InChI is InChI=1S/C17H23NO4/c1-3-15(22-14-8-4-6-12(2)10-14)16(19)18-9-5-7-13(11-18)17(20)21/h4,6,8,10,13,15H,3,5,7,9,11H2,1-2H3,(H,20,21). The van der Waals surface area contributed by atoms with Gasteiger partial charge in [0.15, 0.2) is 6.10 Å². The van der Waals surface area contributed by atoms with Gasteiger partial charge in [0.25, 0.3) is 5.91 Å². The number of nitrogens with zero attached hydrogens (tertiary/aromatic N) is 1. The first-order valence-electron chi connectivity index (χ1n) is 7.76. The van der Waals surface area contributed by atoms with Crippen LogP contribution in [0.25, 0.3) is 0 Å². The van der Waals surface area contributed by atoms with Gasteiger partial charge in [0.2, 0.25) is 0 Å². The van der Waals surface area contributed by atoms with Crippen LogP contribution < -0.4 is 4.74 Å². The minimum atomic E-state index is -0.829. The molecule has 0 radical (unpaired) electrons. The number of ether oxygens (including phenoxy) is 1. The molecule has 1 saturated heterocycles. The number of piperidine rings is 1. The van der Waals surface area contributed by atoms with E-state index < -0.39 is 18.0 Å². The van der Waals surface area contributed by atoms with E-state index in [2.05, 4.69) is 0 Å². The Kier molecular flexibility index (Phi) is 5.41. The summed E-state index contributed by atoms with van der Waals surface area (Å²) in [6.45, 7) is 4.76. The molecule has 0 bridgehead atoms. The SMILES string of the molecule is CCC(Oc1cccc(C)c1)C(=O)N1CCCC(C(=O)O)C1. The van der Waals surface area contributed by atoms with Crippen LogP contribution in [0.5, 0.6) is 5.75 Å². The summed E-state index contributed by atoms with van der Waals surface area (Å²) >= 11 is 0. The molecule has 5 nitrogen and oxygen atoms in total. The summed E-state index contributed by atoms with van der Waals surface area (Å²) in [5.41, 5.74) is 1.07. The first-order chi connectivity index (χ1) is 10.5. The fraction of sp³-hybridized carbons (Fsp3) is 0.529. The molecule has 1 amide bonds. The number of likely N-dealkylation sites (tertiary alicyclic amines) is 1. The van der Waals surface area contributed by atoms with Crippen LogP contribution in [-0.2, 0) is 9.59 Å². The van der Waals surface area contributed by atoms with Crippen LogP contribution in [-0.4, -0.2) is 41.1 Å². The Bertz CT molecular complexity index is 543. The molecule has 0 spiro atoms. The molecular formula is C17H23NO4. The monoisotopic (exact) mass is 305 g/mol. The third-order valence-corrected chi connectivity index (χ3v) is 4.00. The number of aryl methyl sites for hydroxylation is 1. The minimum Gasteiger partial charge on any atom is -0.481 e. The average molecular weight is 305 g/mol. The van der Waals surface area contributed by atoms with Gasteiger partial charge in [-0.15, -0.1) is 0 Å². The van der Waals surface area contributed by atoms with E-state index in [1.807, 2.05) is 38.1 Å². The lowest BCUT2D eigenvalue weighted by molar-refractivity contribution is -0.148. The van der Waals surface area contributed by atoms with Gasteiger partial charge in [0, 0.05) is 13.1 Å². The highest BCUT2D eigenvalue weighted by Gasteiger charge is 2.32. The van der Waals surface area contributed by atoms with Gasteiger partial charge in [0.05, 0.1) is 5.92 Å². The lowest BCUT2D eigenvalue weighted by Gasteiger charge is -2.33. The molecule has 2 atom stereocenters. The van der Waals surface area contributed by atoms with Gasteiger partial charge in [-0.3, -0.25) is 9.59 Å². The van der Waals surface area contributed by atoms with Crippen LogP contribution >= 0.6 is 0 Å². The number of aliphatic carboxylic acids is 1. The zero-order valence-corrected chi connectivity index (χ0v) is 13.1. The Hall–Kier alpha value is -2.04. The van der Waals surface area contributed by atoms with Gasteiger partial charge in [-0.25, -0.2) is 0 Å². The molecule has 1 aliphatic heterocycles. The molecule has 1 heterocycles. The smallest absolute Gasteiger partial charge is 0.308 e. The molecule has 1 aromatic carbocycles. The summed E-state index contributed by atoms with van der Waals surface area (Å²) in [6, 6.07) is 7.59. The summed E-state index contributed by atoms with van der Waals surface area (Å²) in [4.78, 5) is 25.3. The zero-order chi connectivity index (χ0) is 16.1. The van der Waals surface area contributed by atoms with Gasteiger partial charge in [-0.1, -0.05) is 19.1 Å². The maximum Gasteiger partial charge on any atom is 0.308 e. The summed E-state index contributed by atoms with van der Waals surface area (Å²) in [7, 11) is 0. The summed E-state index contributed by atoms with van der Waals surface area (Å²) in [6.07, 6.45) is 1.36.